The summed E-state index contributed by atoms with van der Waals surface area (Å²) in [4.78, 5) is 2.49. The first kappa shape index (κ1) is 9.71. The normalized spacial score (nSPS) is 23.9. The number of hydrogen-bond donors (Lipinski definition) is 0. The molecule has 14 heavy (non-hydrogen) atoms. The molecule has 1 atom stereocenters. The number of aromatic nitrogens is 2. The van der Waals surface area contributed by atoms with E-state index in [1.165, 1.54) is 32.2 Å². The lowest BCUT2D eigenvalue weighted by molar-refractivity contribution is 0.169. The van der Waals surface area contributed by atoms with Crippen LogP contribution in [0, 0.1) is 0 Å². The molecule has 1 saturated heterocycles. The van der Waals surface area contributed by atoms with Crippen LogP contribution in [0.4, 0.5) is 0 Å². The van der Waals surface area contributed by atoms with Gasteiger partial charge in [-0.3, -0.25) is 4.68 Å². The van der Waals surface area contributed by atoms with Crippen molar-refractivity contribution in [1.82, 2.24) is 14.7 Å². The van der Waals surface area contributed by atoms with Crippen LogP contribution in [-0.4, -0.2) is 34.3 Å². The van der Waals surface area contributed by atoms with Gasteiger partial charge in [0.15, 0.2) is 0 Å². The number of aryl methyl sites for hydroxylation is 1. The summed E-state index contributed by atoms with van der Waals surface area (Å²) in [5, 5.41) is 4.22. The molecule has 0 saturated carbocycles. The van der Waals surface area contributed by atoms with Gasteiger partial charge >= 0.3 is 0 Å². The van der Waals surface area contributed by atoms with Crippen molar-refractivity contribution in [2.24, 2.45) is 0 Å². The Kier molecular flexibility index (Phi) is 3.19. The van der Waals surface area contributed by atoms with Crippen molar-refractivity contribution in [3.05, 3.63) is 18.5 Å². The van der Waals surface area contributed by atoms with E-state index in [0.717, 1.165) is 12.6 Å². The van der Waals surface area contributed by atoms with Gasteiger partial charge in [-0.15, -0.1) is 0 Å². The van der Waals surface area contributed by atoms with Crippen molar-refractivity contribution >= 4 is 0 Å². The number of likely N-dealkylation sites (tertiary alicyclic amines) is 1. The molecule has 1 aromatic rings. The fourth-order valence-corrected chi connectivity index (χ4v) is 2.22. The highest BCUT2D eigenvalue weighted by molar-refractivity contribution is 4.79. The molecule has 0 amide bonds. The van der Waals surface area contributed by atoms with Crippen LogP contribution in [0.2, 0.25) is 0 Å². The molecule has 0 bridgehead atoms. The van der Waals surface area contributed by atoms with Gasteiger partial charge < -0.3 is 4.90 Å². The van der Waals surface area contributed by atoms with Crippen molar-refractivity contribution in [3.63, 3.8) is 0 Å². The first-order valence-corrected chi connectivity index (χ1v) is 5.54. The molecule has 0 radical (unpaired) electrons. The lowest BCUT2D eigenvalue weighted by Gasteiger charge is -2.32. The quantitative estimate of drug-likeness (QED) is 0.729. The second-order valence-corrected chi connectivity index (χ2v) is 4.19. The zero-order chi connectivity index (χ0) is 9.80. The Morgan fingerprint density at radius 1 is 1.43 bits per heavy atom. The number of nitrogens with zero attached hydrogens (tertiary/aromatic N) is 3. The molecule has 1 unspecified atom stereocenters. The summed E-state index contributed by atoms with van der Waals surface area (Å²) in [6.07, 6.45) is 9.26. The molecule has 2 rings (SSSR count). The van der Waals surface area contributed by atoms with E-state index in [1.807, 2.05) is 23.1 Å². The topological polar surface area (TPSA) is 21.1 Å². The summed E-state index contributed by atoms with van der Waals surface area (Å²) in [6.45, 7) is 2.33. The monoisotopic (exact) mass is 193 g/mol. The van der Waals surface area contributed by atoms with Crippen LogP contribution in [0.1, 0.15) is 25.7 Å². The second kappa shape index (κ2) is 4.60. The van der Waals surface area contributed by atoms with E-state index >= 15 is 0 Å². The Bertz CT molecular complexity index is 256. The predicted molar refractivity (Wildman–Crippen MR) is 57.1 cm³/mol. The fraction of sp³-hybridized carbons (Fsp3) is 0.727. The smallest absolute Gasteiger partial charge is 0.0489 e. The molecule has 1 aromatic heterocycles. The second-order valence-electron chi connectivity index (χ2n) is 4.19. The molecule has 0 spiro atoms. The molecule has 0 N–H and O–H groups in total. The van der Waals surface area contributed by atoms with E-state index in [4.69, 9.17) is 0 Å². The Labute approximate surface area is 85.7 Å². The third-order valence-corrected chi connectivity index (χ3v) is 3.17. The average Bonchev–Trinajstić information content (AvgIpc) is 2.69. The van der Waals surface area contributed by atoms with Gasteiger partial charge in [0.2, 0.25) is 0 Å². The van der Waals surface area contributed by atoms with E-state index < -0.39 is 0 Å². The first-order valence-electron chi connectivity index (χ1n) is 5.54. The van der Waals surface area contributed by atoms with E-state index in [9.17, 15) is 0 Å². The molecule has 78 valence electrons. The van der Waals surface area contributed by atoms with Crippen molar-refractivity contribution in [1.29, 1.82) is 0 Å². The van der Waals surface area contributed by atoms with Crippen molar-refractivity contribution in [2.45, 2.75) is 38.3 Å². The van der Waals surface area contributed by atoms with Crippen LogP contribution in [0.3, 0.4) is 0 Å². The third kappa shape index (κ3) is 2.35. The molecule has 1 aliphatic heterocycles. The van der Waals surface area contributed by atoms with Crippen molar-refractivity contribution in [3.8, 4) is 0 Å². The van der Waals surface area contributed by atoms with E-state index in [2.05, 4.69) is 17.0 Å². The molecule has 0 aliphatic carbocycles. The van der Waals surface area contributed by atoms with Crippen LogP contribution in [0.5, 0.6) is 0 Å². The third-order valence-electron chi connectivity index (χ3n) is 3.17. The predicted octanol–water partition coefficient (Wildman–Crippen LogP) is 1.76. The molecular formula is C11H19N3. The van der Waals surface area contributed by atoms with E-state index in [0.29, 0.717) is 0 Å². The zero-order valence-corrected chi connectivity index (χ0v) is 8.89. The van der Waals surface area contributed by atoms with Gasteiger partial charge in [0, 0.05) is 25.0 Å². The summed E-state index contributed by atoms with van der Waals surface area (Å²) in [6, 6.07) is 2.76. The minimum atomic E-state index is 0.771. The average molecular weight is 193 g/mol. The maximum atomic E-state index is 4.22. The maximum absolute atomic E-state index is 4.22. The van der Waals surface area contributed by atoms with Crippen molar-refractivity contribution < 1.29 is 0 Å². The largest absolute Gasteiger partial charge is 0.303 e. The molecule has 3 nitrogen and oxygen atoms in total. The standard InChI is InChI=1S/C11H19N3/c1-13-8-3-2-5-11(13)6-10-14-9-4-7-12-14/h4,7,9,11H,2-3,5-6,8,10H2,1H3. The molecular weight excluding hydrogens is 174 g/mol. The Hall–Kier alpha value is -0.830. The molecule has 3 heteroatoms. The summed E-state index contributed by atoms with van der Waals surface area (Å²) >= 11 is 0. The van der Waals surface area contributed by atoms with Crippen molar-refractivity contribution in [2.75, 3.05) is 13.6 Å². The molecule has 0 aromatic carbocycles. The molecule has 1 fully saturated rings. The maximum Gasteiger partial charge on any atom is 0.0489 e. The minimum Gasteiger partial charge on any atom is -0.303 e. The highest BCUT2D eigenvalue weighted by atomic mass is 15.3. The highest BCUT2D eigenvalue weighted by Crippen LogP contribution is 2.17. The molecule has 2 heterocycles. The summed E-state index contributed by atoms with van der Waals surface area (Å²) in [7, 11) is 2.24. The van der Waals surface area contributed by atoms with E-state index in [-0.39, 0.29) is 0 Å². The number of hydrogen-bond acceptors (Lipinski definition) is 2. The summed E-state index contributed by atoms with van der Waals surface area (Å²) in [5.41, 5.74) is 0. The minimum absolute atomic E-state index is 0.771. The van der Waals surface area contributed by atoms with Crippen LogP contribution in [-0.2, 0) is 6.54 Å². The van der Waals surface area contributed by atoms with Gasteiger partial charge in [-0.2, -0.15) is 5.10 Å². The lowest BCUT2D eigenvalue weighted by atomic mass is 10.0. The molecule has 1 aliphatic rings. The van der Waals surface area contributed by atoms with Gasteiger partial charge in [0.25, 0.3) is 0 Å². The van der Waals surface area contributed by atoms with Gasteiger partial charge in [-0.25, -0.2) is 0 Å². The Morgan fingerprint density at radius 2 is 2.36 bits per heavy atom. The summed E-state index contributed by atoms with van der Waals surface area (Å²) in [5.74, 6) is 0. The van der Waals surface area contributed by atoms with Gasteiger partial charge in [-0.05, 0) is 38.9 Å². The number of rotatable bonds is 3. The van der Waals surface area contributed by atoms with Gasteiger partial charge in [0.05, 0.1) is 0 Å². The van der Waals surface area contributed by atoms with Gasteiger partial charge in [-0.1, -0.05) is 6.42 Å². The SMILES string of the molecule is CN1CCCCC1CCn1cccn1. The fourth-order valence-electron chi connectivity index (χ4n) is 2.22. The highest BCUT2D eigenvalue weighted by Gasteiger charge is 2.18. The zero-order valence-electron chi connectivity index (χ0n) is 8.89. The Morgan fingerprint density at radius 3 is 3.07 bits per heavy atom. The lowest BCUT2D eigenvalue weighted by Crippen LogP contribution is -2.36. The summed E-state index contributed by atoms with van der Waals surface area (Å²) < 4.78 is 2.03. The van der Waals surface area contributed by atoms with Crippen LogP contribution < -0.4 is 0 Å². The van der Waals surface area contributed by atoms with Crippen LogP contribution >= 0.6 is 0 Å². The Balaban J connectivity index is 1.79. The van der Waals surface area contributed by atoms with Crippen LogP contribution in [0.15, 0.2) is 18.5 Å². The first-order chi connectivity index (χ1) is 6.86. The van der Waals surface area contributed by atoms with E-state index in [1.54, 1.807) is 0 Å². The number of piperidine rings is 1. The van der Waals surface area contributed by atoms with Gasteiger partial charge in [0.1, 0.15) is 0 Å². The van der Waals surface area contributed by atoms with Crippen LogP contribution in [0.25, 0.3) is 0 Å².